The summed E-state index contributed by atoms with van der Waals surface area (Å²) >= 11 is 0. The van der Waals surface area contributed by atoms with Gasteiger partial charge < -0.3 is 10.2 Å². The van der Waals surface area contributed by atoms with Crippen molar-refractivity contribution in [1.82, 2.24) is 0 Å². The van der Waals surface area contributed by atoms with E-state index < -0.39 is 0 Å². The predicted octanol–water partition coefficient (Wildman–Crippen LogP) is 3.38. The SMILES string of the molecule is Cc1ccc(-c2cccc(O)c2)c(O)c1C. The molecule has 2 nitrogen and oxygen atoms in total. The molecular weight excluding hydrogens is 200 g/mol. The Balaban J connectivity index is 2.61. The van der Waals surface area contributed by atoms with Gasteiger partial charge in [0.05, 0.1) is 0 Å². The van der Waals surface area contributed by atoms with Crippen LogP contribution in [0.4, 0.5) is 0 Å². The van der Waals surface area contributed by atoms with Crippen LogP contribution in [-0.4, -0.2) is 10.2 Å². The van der Waals surface area contributed by atoms with E-state index in [1.54, 1.807) is 18.2 Å². The zero-order valence-electron chi connectivity index (χ0n) is 9.36. The van der Waals surface area contributed by atoms with E-state index in [1.807, 2.05) is 32.0 Å². The van der Waals surface area contributed by atoms with E-state index in [0.29, 0.717) is 0 Å². The minimum Gasteiger partial charge on any atom is -0.508 e. The molecule has 2 aromatic carbocycles. The first-order valence-electron chi connectivity index (χ1n) is 5.18. The minimum absolute atomic E-state index is 0.204. The first-order chi connectivity index (χ1) is 7.59. The molecule has 2 rings (SSSR count). The number of aromatic hydroxyl groups is 2. The highest BCUT2D eigenvalue weighted by Crippen LogP contribution is 2.34. The summed E-state index contributed by atoms with van der Waals surface area (Å²) in [6, 6.07) is 10.7. The largest absolute Gasteiger partial charge is 0.508 e. The van der Waals surface area contributed by atoms with E-state index >= 15 is 0 Å². The van der Waals surface area contributed by atoms with Gasteiger partial charge in [-0.1, -0.05) is 24.3 Å². The maximum absolute atomic E-state index is 10.0. The van der Waals surface area contributed by atoms with Gasteiger partial charge in [-0.15, -0.1) is 0 Å². The lowest BCUT2D eigenvalue weighted by molar-refractivity contribution is 0.471. The van der Waals surface area contributed by atoms with Crippen molar-refractivity contribution in [3.05, 3.63) is 47.5 Å². The first-order valence-corrected chi connectivity index (χ1v) is 5.18. The molecule has 0 atom stereocenters. The molecule has 2 heteroatoms. The lowest BCUT2D eigenvalue weighted by atomic mass is 9.99. The number of phenols is 2. The van der Waals surface area contributed by atoms with E-state index in [2.05, 4.69) is 0 Å². The Hall–Kier alpha value is -1.96. The lowest BCUT2D eigenvalue weighted by Gasteiger charge is -2.09. The van der Waals surface area contributed by atoms with Gasteiger partial charge in [-0.25, -0.2) is 0 Å². The van der Waals surface area contributed by atoms with E-state index in [0.717, 1.165) is 22.3 Å². The Morgan fingerprint density at radius 2 is 1.69 bits per heavy atom. The molecular formula is C14H14O2. The molecule has 16 heavy (non-hydrogen) atoms. The van der Waals surface area contributed by atoms with Gasteiger partial charge in [0.1, 0.15) is 11.5 Å². The summed E-state index contributed by atoms with van der Waals surface area (Å²) in [6.07, 6.45) is 0. The molecule has 0 spiro atoms. The molecule has 0 aliphatic rings. The van der Waals surface area contributed by atoms with Gasteiger partial charge in [0, 0.05) is 5.56 Å². The molecule has 0 aromatic heterocycles. The second kappa shape index (κ2) is 3.89. The minimum atomic E-state index is 0.204. The fourth-order valence-corrected chi connectivity index (χ4v) is 1.71. The molecule has 0 saturated heterocycles. The number of hydrogen-bond acceptors (Lipinski definition) is 2. The van der Waals surface area contributed by atoms with Crippen molar-refractivity contribution in [3.63, 3.8) is 0 Å². The summed E-state index contributed by atoms with van der Waals surface area (Å²) in [5, 5.41) is 19.4. The van der Waals surface area contributed by atoms with Crippen molar-refractivity contribution in [1.29, 1.82) is 0 Å². The number of hydrogen-bond donors (Lipinski definition) is 2. The second-order valence-electron chi connectivity index (χ2n) is 3.95. The smallest absolute Gasteiger partial charge is 0.126 e. The van der Waals surface area contributed by atoms with Crippen LogP contribution in [0.15, 0.2) is 36.4 Å². The van der Waals surface area contributed by atoms with Gasteiger partial charge in [0.2, 0.25) is 0 Å². The fraction of sp³-hybridized carbons (Fsp3) is 0.143. The maximum Gasteiger partial charge on any atom is 0.126 e. The highest BCUT2D eigenvalue weighted by atomic mass is 16.3. The van der Waals surface area contributed by atoms with Crippen LogP contribution in [0.3, 0.4) is 0 Å². The maximum atomic E-state index is 10.0. The highest BCUT2D eigenvalue weighted by Gasteiger charge is 2.08. The molecule has 0 aliphatic heterocycles. The van der Waals surface area contributed by atoms with Crippen LogP contribution in [0.25, 0.3) is 11.1 Å². The molecule has 2 aromatic rings. The number of rotatable bonds is 1. The average molecular weight is 214 g/mol. The van der Waals surface area contributed by atoms with Gasteiger partial charge in [0.25, 0.3) is 0 Å². The topological polar surface area (TPSA) is 40.5 Å². The Morgan fingerprint density at radius 1 is 0.938 bits per heavy atom. The molecule has 0 amide bonds. The van der Waals surface area contributed by atoms with Crippen molar-refractivity contribution in [2.75, 3.05) is 0 Å². The lowest BCUT2D eigenvalue weighted by Crippen LogP contribution is -1.86. The molecule has 0 fully saturated rings. The summed E-state index contributed by atoms with van der Waals surface area (Å²) < 4.78 is 0. The van der Waals surface area contributed by atoms with Crippen LogP contribution < -0.4 is 0 Å². The van der Waals surface area contributed by atoms with Crippen molar-refractivity contribution in [3.8, 4) is 22.6 Å². The summed E-state index contributed by atoms with van der Waals surface area (Å²) in [5.74, 6) is 0.487. The molecule has 2 N–H and O–H groups in total. The van der Waals surface area contributed by atoms with Gasteiger partial charge in [-0.2, -0.15) is 0 Å². The molecule has 0 saturated carbocycles. The van der Waals surface area contributed by atoms with Crippen molar-refractivity contribution in [2.45, 2.75) is 13.8 Å². The van der Waals surface area contributed by atoms with Gasteiger partial charge in [-0.05, 0) is 42.7 Å². The summed E-state index contributed by atoms with van der Waals surface area (Å²) in [7, 11) is 0. The van der Waals surface area contributed by atoms with Crippen molar-refractivity contribution < 1.29 is 10.2 Å². The summed E-state index contributed by atoms with van der Waals surface area (Å²) in [6.45, 7) is 3.85. The van der Waals surface area contributed by atoms with Crippen LogP contribution in [0, 0.1) is 13.8 Å². The van der Waals surface area contributed by atoms with E-state index in [1.165, 1.54) is 0 Å². The van der Waals surface area contributed by atoms with Crippen LogP contribution >= 0.6 is 0 Å². The number of benzene rings is 2. The molecule has 0 bridgehead atoms. The second-order valence-corrected chi connectivity index (χ2v) is 3.95. The van der Waals surface area contributed by atoms with Crippen LogP contribution in [0.1, 0.15) is 11.1 Å². The molecule has 0 aliphatic carbocycles. The standard InChI is InChI=1S/C14H14O2/c1-9-6-7-13(14(16)10(9)2)11-4-3-5-12(15)8-11/h3-8,15-16H,1-2H3. The van der Waals surface area contributed by atoms with E-state index in [-0.39, 0.29) is 11.5 Å². The van der Waals surface area contributed by atoms with Gasteiger partial charge in [-0.3, -0.25) is 0 Å². The number of aryl methyl sites for hydroxylation is 1. The van der Waals surface area contributed by atoms with Crippen molar-refractivity contribution in [2.24, 2.45) is 0 Å². The summed E-state index contributed by atoms with van der Waals surface area (Å²) in [5.41, 5.74) is 3.50. The molecule has 82 valence electrons. The van der Waals surface area contributed by atoms with Crippen LogP contribution in [0.5, 0.6) is 11.5 Å². The van der Waals surface area contributed by atoms with E-state index in [9.17, 15) is 10.2 Å². The third-order valence-corrected chi connectivity index (χ3v) is 2.86. The quantitative estimate of drug-likeness (QED) is 0.764. The number of phenolic OH excluding ortho intramolecular Hbond substituents is 2. The van der Waals surface area contributed by atoms with Crippen LogP contribution in [0.2, 0.25) is 0 Å². The fourth-order valence-electron chi connectivity index (χ4n) is 1.71. The summed E-state index contributed by atoms with van der Waals surface area (Å²) in [4.78, 5) is 0. The Bertz CT molecular complexity index is 530. The molecule has 0 unspecified atom stereocenters. The Kier molecular flexibility index (Phi) is 2.57. The zero-order chi connectivity index (χ0) is 11.7. The Labute approximate surface area is 94.8 Å². The predicted molar refractivity (Wildman–Crippen MR) is 64.7 cm³/mol. The van der Waals surface area contributed by atoms with E-state index in [4.69, 9.17) is 0 Å². The normalized spacial score (nSPS) is 10.4. The van der Waals surface area contributed by atoms with Gasteiger partial charge >= 0.3 is 0 Å². The first kappa shape index (κ1) is 10.6. The monoisotopic (exact) mass is 214 g/mol. The highest BCUT2D eigenvalue weighted by molar-refractivity contribution is 5.73. The van der Waals surface area contributed by atoms with Crippen LogP contribution in [-0.2, 0) is 0 Å². The third-order valence-electron chi connectivity index (χ3n) is 2.86. The van der Waals surface area contributed by atoms with Gasteiger partial charge in [0.15, 0.2) is 0 Å². The average Bonchev–Trinajstić information content (AvgIpc) is 2.26. The van der Waals surface area contributed by atoms with Crippen molar-refractivity contribution >= 4 is 0 Å². The molecule has 0 heterocycles. The Morgan fingerprint density at radius 3 is 2.38 bits per heavy atom. The molecule has 0 radical (unpaired) electrons. The zero-order valence-corrected chi connectivity index (χ0v) is 9.36. The third kappa shape index (κ3) is 1.74.